The summed E-state index contributed by atoms with van der Waals surface area (Å²) in [4.78, 5) is 19.8. The standard InChI is InChI=1S/C32H35N3O3/c1-25-8-6-7-11-30(25)34-18-20-35(21-19-34)32(36)31-17-16-29(38-31)24-33(22-26-9-4-3-5-10-26)23-27-12-14-28(37-2)15-13-27/h3-17H,18-24H2,1-2H3. The second-order valence-electron chi connectivity index (χ2n) is 9.81. The number of rotatable bonds is 9. The van der Waals surface area contributed by atoms with Crippen molar-refractivity contribution in [2.45, 2.75) is 26.6 Å². The minimum atomic E-state index is -0.0366. The first-order valence-corrected chi connectivity index (χ1v) is 13.2. The van der Waals surface area contributed by atoms with Crippen LogP contribution >= 0.6 is 0 Å². The lowest BCUT2D eigenvalue weighted by atomic mass is 10.1. The Labute approximate surface area is 225 Å². The van der Waals surface area contributed by atoms with Crippen molar-refractivity contribution in [2.24, 2.45) is 0 Å². The van der Waals surface area contributed by atoms with E-state index in [9.17, 15) is 4.79 Å². The van der Waals surface area contributed by atoms with Crippen molar-refractivity contribution in [3.8, 4) is 5.75 Å². The molecule has 1 aromatic heterocycles. The van der Waals surface area contributed by atoms with Crippen LogP contribution in [0.1, 0.15) is 33.0 Å². The molecule has 1 saturated heterocycles. The SMILES string of the molecule is COc1ccc(CN(Cc2ccccc2)Cc2ccc(C(=O)N3CCN(c4ccccc4C)CC3)o2)cc1. The first-order valence-electron chi connectivity index (χ1n) is 13.2. The van der Waals surface area contributed by atoms with Crippen molar-refractivity contribution < 1.29 is 13.9 Å². The van der Waals surface area contributed by atoms with E-state index in [1.807, 2.05) is 35.2 Å². The predicted octanol–water partition coefficient (Wildman–Crippen LogP) is 5.76. The number of aryl methyl sites for hydroxylation is 1. The maximum absolute atomic E-state index is 13.2. The van der Waals surface area contributed by atoms with Crippen LogP contribution in [0.4, 0.5) is 5.69 Å². The highest BCUT2D eigenvalue weighted by molar-refractivity contribution is 5.91. The first-order chi connectivity index (χ1) is 18.6. The van der Waals surface area contributed by atoms with Gasteiger partial charge in [-0.05, 0) is 53.9 Å². The summed E-state index contributed by atoms with van der Waals surface area (Å²) in [5, 5.41) is 0. The molecule has 0 saturated carbocycles. The molecule has 3 aromatic carbocycles. The third-order valence-electron chi connectivity index (χ3n) is 7.09. The summed E-state index contributed by atoms with van der Waals surface area (Å²) < 4.78 is 11.4. The Morgan fingerprint density at radius 2 is 1.45 bits per heavy atom. The maximum atomic E-state index is 13.2. The van der Waals surface area contributed by atoms with Gasteiger partial charge in [0.25, 0.3) is 5.91 Å². The van der Waals surface area contributed by atoms with Crippen LogP contribution in [0.15, 0.2) is 95.4 Å². The van der Waals surface area contributed by atoms with Crippen molar-refractivity contribution in [3.05, 3.63) is 119 Å². The van der Waals surface area contributed by atoms with E-state index in [2.05, 4.69) is 77.4 Å². The zero-order valence-electron chi connectivity index (χ0n) is 22.2. The van der Waals surface area contributed by atoms with Gasteiger partial charge in [0.05, 0.1) is 13.7 Å². The zero-order valence-corrected chi connectivity index (χ0v) is 22.2. The number of hydrogen-bond acceptors (Lipinski definition) is 5. The Balaban J connectivity index is 1.23. The van der Waals surface area contributed by atoms with Gasteiger partial charge in [0.15, 0.2) is 5.76 Å². The first kappa shape index (κ1) is 25.6. The van der Waals surface area contributed by atoms with Gasteiger partial charge in [-0.25, -0.2) is 0 Å². The topological polar surface area (TPSA) is 49.2 Å². The van der Waals surface area contributed by atoms with Gasteiger partial charge in [-0.3, -0.25) is 9.69 Å². The molecular formula is C32H35N3O3. The van der Waals surface area contributed by atoms with Gasteiger partial charge in [-0.2, -0.15) is 0 Å². The van der Waals surface area contributed by atoms with E-state index in [4.69, 9.17) is 9.15 Å². The molecule has 6 heteroatoms. The zero-order chi connectivity index (χ0) is 26.3. The van der Waals surface area contributed by atoms with Gasteiger partial charge in [0, 0.05) is 45.0 Å². The minimum Gasteiger partial charge on any atom is -0.497 e. The normalized spacial score (nSPS) is 13.7. The fourth-order valence-electron chi connectivity index (χ4n) is 5.02. The fourth-order valence-corrected chi connectivity index (χ4v) is 5.02. The maximum Gasteiger partial charge on any atom is 0.289 e. The molecule has 2 heterocycles. The predicted molar refractivity (Wildman–Crippen MR) is 150 cm³/mol. The van der Waals surface area contributed by atoms with E-state index >= 15 is 0 Å². The molecular weight excluding hydrogens is 474 g/mol. The van der Waals surface area contributed by atoms with Crippen LogP contribution in [-0.2, 0) is 19.6 Å². The molecule has 0 unspecified atom stereocenters. The molecule has 38 heavy (non-hydrogen) atoms. The van der Waals surface area contributed by atoms with E-state index in [1.165, 1.54) is 22.4 Å². The van der Waals surface area contributed by atoms with Crippen LogP contribution in [0.3, 0.4) is 0 Å². The van der Waals surface area contributed by atoms with Gasteiger partial charge >= 0.3 is 0 Å². The summed E-state index contributed by atoms with van der Waals surface area (Å²) in [6.45, 7) is 7.26. The van der Waals surface area contributed by atoms with E-state index in [0.717, 1.165) is 37.7 Å². The molecule has 0 spiro atoms. The van der Waals surface area contributed by atoms with Crippen molar-refractivity contribution in [1.29, 1.82) is 0 Å². The molecule has 0 atom stereocenters. The number of piperazine rings is 1. The van der Waals surface area contributed by atoms with Gasteiger partial charge < -0.3 is 19.0 Å². The molecule has 1 aliphatic rings. The summed E-state index contributed by atoms with van der Waals surface area (Å²) >= 11 is 0. The third kappa shape index (κ3) is 6.26. The fraction of sp³-hybridized carbons (Fsp3) is 0.281. The van der Waals surface area contributed by atoms with E-state index in [0.29, 0.717) is 25.4 Å². The van der Waals surface area contributed by atoms with Gasteiger partial charge in [-0.1, -0.05) is 60.7 Å². The minimum absolute atomic E-state index is 0.0366. The van der Waals surface area contributed by atoms with Crippen molar-refractivity contribution in [2.75, 3.05) is 38.2 Å². The smallest absolute Gasteiger partial charge is 0.289 e. The second-order valence-corrected chi connectivity index (χ2v) is 9.81. The van der Waals surface area contributed by atoms with Gasteiger partial charge in [0.2, 0.25) is 0 Å². The molecule has 1 aliphatic heterocycles. The van der Waals surface area contributed by atoms with Crippen molar-refractivity contribution in [1.82, 2.24) is 9.80 Å². The number of nitrogens with zero attached hydrogens (tertiary/aromatic N) is 3. The number of anilines is 1. The Morgan fingerprint density at radius 3 is 2.13 bits per heavy atom. The lowest BCUT2D eigenvalue weighted by molar-refractivity contribution is 0.0710. The molecule has 6 nitrogen and oxygen atoms in total. The Bertz CT molecular complexity index is 1330. The number of furan rings is 1. The molecule has 5 rings (SSSR count). The Hall–Kier alpha value is -4.03. The summed E-state index contributed by atoms with van der Waals surface area (Å²) in [5.74, 6) is 2.01. The molecule has 0 radical (unpaired) electrons. The molecule has 4 aromatic rings. The molecule has 1 fully saturated rings. The number of carbonyl (C=O) groups is 1. The Morgan fingerprint density at radius 1 is 0.789 bits per heavy atom. The molecule has 1 amide bonds. The monoisotopic (exact) mass is 509 g/mol. The van der Waals surface area contributed by atoms with E-state index < -0.39 is 0 Å². The quantitative estimate of drug-likeness (QED) is 0.287. The largest absolute Gasteiger partial charge is 0.497 e. The van der Waals surface area contributed by atoms with E-state index in [-0.39, 0.29) is 5.91 Å². The highest BCUT2D eigenvalue weighted by atomic mass is 16.5. The summed E-state index contributed by atoms with van der Waals surface area (Å²) in [7, 11) is 1.68. The molecule has 196 valence electrons. The number of hydrogen-bond donors (Lipinski definition) is 0. The summed E-state index contributed by atoms with van der Waals surface area (Å²) in [6, 6.07) is 30.7. The van der Waals surface area contributed by atoms with Crippen LogP contribution in [0.5, 0.6) is 5.75 Å². The van der Waals surface area contributed by atoms with Crippen LogP contribution in [0.25, 0.3) is 0 Å². The van der Waals surface area contributed by atoms with Crippen molar-refractivity contribution >= 4 is 11.6 Å². The highest BCUT2D eigenvalue weighted by Crippen LogP contribution is 2.23. The third-order valence-corrected chi connectivity index (χ3v) is 7.09. The highest BCUT2D eigenvalue weighted by Gasteiger charge is 2.25. The number of benzene rings is 3. The number of methoxy groups -OCH3 is 1. The Kier molecular flexibility index (Phi) is 8.09. The molecule has 0 aliphatic carbocycles. The van der Waals surface area contributed by atoms with E-state index in [1.54, 1.807) is 7.11 Å². The molecule has 0 bridgehead atoms. The lowest BCUT2D eigenvalue weighted by Crippen LogP contribution is -2.48. The van der Waals surface area contributed by atoms with Crippen LogP contribution in [0, 0.1) is 6.92 Å². The average Bonchev–Trinajstić information content (AvgIpc) is 3.42. The van der Waals surface area contributed by atoms with Crippen LogP contribution in [0.2, 0.25) is 0 Å². The second kappa shape index (κ2) is 12.0. The number of carbonyl (C=O) groups excluding carboxylic acids is 1. The lowest BCUT2D eigenvalue weighted by Gasteiger charge is -2.36. The van der Waals surface area contributed by atoms with Crippen LogP contribution in [-0.4, -0.2) is 49.0 Å². The number of ether oxygens (including phenoxy) is 1. The van der Waals surface area contributed by atoms with Crippen molar-refractivity contribution in [3.63, 3.8) is 0 Å². The number of para-hydroxylation sites is 1. The molecule has 0 N–H and O–H groups in total. The van der Waals surface area contributed by atoms with Crippen LogP contribution < -0.4 is 9.64 Å². The van der Waals surface area contributed by atoms with Gasteiger partial charge in [0.1, 0.15) is 11.5 Å². The summed E-state index contributed by atoms with van der Waals surface area (Å²) in [6.07, 6.45) is 0. The average molecular weight is 510 g/mol. The van der Waals surface area contributed by atoms with Gasteiger partial charge in [-0.15, -0.1) is 0 Å². The summed E-state index contributed by atoms with van der Waals surface area (Å²) in [5.41, 5.74) is 4.93. The number of amides is 1.